The summed E-state index contributed by atoms with van der Waals surface area (Å²) in [6.07, 6.45) is 0. The number of methoxy groups -OCH3 is 2. The Morgan fingerprint density at radius 1 is 1.00 bits per heavy atom. The summed E-state index contributed by atoms with van der Waals surface area (Å²) >= 11 is 7.01. The third-order valence-corrected chi connectivity index (χ3v) is 4.67. The van der Waals surface area contributed by atoms with Crippen molar-refractivity contribution in [3.8, 4) is 11.5 Å². The molecule has 1 atom stereocenters. The van der Waals surface area contributed by atoms with Crippen LogP contribution in [0.1, 0.15) is 22.7 Å². The van der Waals surface area contributed by atoms with E-state index in [1.54, 1.807) is 14.2 Å². The minimum Gasteiger partial charge on any atom is -0.495 e. The molecule has 5 heteroatoms. The summed E-state index contributed by atoms with van der Waals surface area (Å²) in [5, 5.41) is 0. The fourth-order valence-corrected chi connectivity index (χ4v) is 3.34. The molecule has 0 heterocycles. The number of rotatable bonds is 4. The number of hydrogen-bond donors (Lipinski definition) is 1. The van der Waals surface area contributed by atoms with Gasteiger partial charge in [-0.15, -0.1) is 0 Å². The number of aryl methyl sites for hydroxylation is 1. The molecule has 0 amide bonds. The monoisotopic (exact) mass is 413 g/mol. The van der Waals surface area contributed by atoms with Gasteiger partial charge in [0.25, 0.3) is 0 Å². The molecule has 1 unspecified atom stereocenters. The number of hydrogen-bond acceptors (Lipinski definition) is 3. The van der Waals surface area contributed by atoms with Crippen LogP contribution in [-0.2, 0) is 0 Å². The highest BCUT2D eigenvalue weighted by molar-refractivity contribution is 9.11. The molecule has 21 heavy (non-hydrogen) atoms. The highest BCUT2D eigenvalue weighted by atomic mass is 79.9. The first-order valence-corrected chi connectivity index (χ1v) is 8.00. The van der Waals surface area contributed by atoms with Crippen molar-refractivity contribution in [2.45, 2.75) is 13.0 Å². The van der Waals surface area contributed by atoms with Crippen LogP contribution in [-0.4, -0.2) is 14.2 Å². The van der Waals surface area contributed by atoms with E-state index in [0.29, 0.717) is 11.5 Å². The molecule has 0 saturated heterocycles. The zero-order valence-electron chi connectivity index (χ0n) is 12.1. The van der Waals surface area contributed by atoms with Crippen LogP contribution in [0.4, 0.5) is 0 Å². The Morgan fingerprint density at radius 2 is 1.71 bits per heavy atom. The summed E-state index contributed by atoms with van der Waals surface area (Å²) in [7, 11) is 3.25. The molecule has 0 aliphatic heterocycles. The largest absolute Gasteiger partial charge is 0.495 e. The molecule has 2 aromatic rings. The Kier molecular flexibility index (Phi) is 5.30. The maximum Gasteiger partial charge on any atom is 0.141 e. The average molecular weight is 415 g/mol. The van der Waals surface area contributed by atoms with E-state index in [-0.39, 0.29) is 6.04 Å². The molecular weight excluding hydrogens is 398 g/mol. The Balaban J connectivity index is 2.55. The fourth-order valence-electron chi connectivity index (χ4n) is 2.28. The molecule has 112 valence electrons. The second-order valence-corrected chi connectivity index (χ2v) is 6.39. The van der Waals surface area contributed by atoms with Crippen molar-refractivity contribution in [2.75, 3.05) is 14.2 Å². The van der Waals surface area contributed by atoms with Crippen molar-refractivity contribution < 1.29 is 9.47 Å². The summed E-state index contributed by atoms with van der Waals surface area (Å²) in [6, 6.07) is 9.64. The van der Waals surface area contributed by atoms with Gasteiger partial charge in [-0.3, -0.25) is 0 Å². The second-order valence-electron chi connectivity index (χ2n) is 4.68. The van der Waals surface area contributed by atoms with Gasteiger partial charge in [0.2, 0.25) is 0 Å². The van der Waals surface area contributed by atoms with E-state index in [0.717, 1.165) is 25.6 Å². The van der Waals surface area contributed by atoms with E-state index in [2.05, 4.69) is 31.9 Å². The van der Waals surface area contributed by atoms with Gasteiger partial charge in [0.15, 0.2) is 0 Å². The summed E-state index contributed by atoms with van der Waals surface area (Å²) in [6.45, 7) is 2.05. The van der Waals surface area contributed by atoms with Gasteiger partial charge in [-0.05, 0) is 58.2 Å². The second kappa shape index (κ2) is 6.81. The molecule has 2 aromatic carbocycles. The lowest BCUT2D eigenvalue weighted by Gasteiger charge is -2.20. The lowest BCUT2D eigenvalue weighted by molar-refractivity contribution is 0.385. The highest BCUT2D eigenvalue weighted by Gasteiger charge is 2.20. The first-order valence-electron chi connectivity index (χ1n) is 6.41. The van der Waals surface area contributed by atoms with Crippen LogP contribution in [0.2, 0.25) is 0 Å². The van der Waals surface area contributed by atoms with E-state index in [9.17, 15) is 0 Å². The van der Waals surface area contributed by atoms with Crippen LogP contribution in [0.3, 0.4) is 0 Å². The van der Waals surface area contributed by atoms with Crippen molar-refractivity contribution in [1.82, 2.24) is 0 Å². The molecule has 0 spiro atoms. The molecule has 0 aliphatic carbocycles. The average Bonchev–Trinajstić information content (AvgIpc) is 2.48. The van der Waals surface area contributed by atoms with Gasteiger partial charge in [-0.25, -0.2) is 0 Å². The van der Waals surface area contributed by atoms with Crippen LogP contribution >= 0.6 is 31.9 Å². The maximum atomic E-state index is 6.46. The van der Waals surface area contributed by atoms with Crippen molar-refractivity contribution in [3.05, 3.63) is 56.0 Å². The Bertz CT molecular complexity index is 659. The zero-order valence-corrected chi connectivity index (χ0v) is 15.3. The topological polar surface area (TPSA) is 44.5 Å². The van der Waals surface area contributed by atoms with E-state index >= 15 is 0 Å². The minimum atomic E-state index is -0.278. The first-order chi connectivity index (χ1) is 9.99. The summed E-state index contributed by atoms with van der Waals surface area (Å²) in [5.74, 6) is 1.41. The van der Waals surface area contributed by atoms with Crippen molar-refractivity contribution in [1.29, 1.82) is 0 Å². The van der Waals surface area contributed by atoms with Gasteiger partial charge >= 0.3 is 0 Å². The van der Waals surface area contributed by atoms with Crippen molar-refractivity contribution in [2.24, 2.45) is 5.73 Å². The lowest BCUT2D eigenvalue weighted by atomic mass is 9.95. The van der Waals surface area contributed by atoms with Gasteiger partial charge < -0.3 is 15.2 Å². The van der Waals surface area contributed by atoms with E-state index in [1.807, 2.05) is 37.3 Å². The Labute approximate surface area is 141 Å². The molecule has 0 fully saturated rings. The lowest BCUT2D eigenvalue weighted by Crippen LogP contribution is -2.15. The first kappa shape index (κ1) is 16.3. The molecular formula is C16H17Br2NO2. The summed E-state index contributed by atoms with van der Waals surface area (Å²) in [4.78, 5) is 0. The number of benzene rings is 2. The predicted octanol–water partition coefficient (Wildman–Crippen LogP) is 4.59. The van der Waals surface area contributed by atoms with Gasteiger partial charge in [0, 0.05) is 10.0 Å². The fraction of sp³-hybridized carbons (Fsp3) is 0.250. The molecule has 0 aliphatic rings. The quantitative estimate of drug-likeness (QED) is 0.795. The molecule has 2 N–H and O–H groups in total. The van der Waals surface area contributed by atoms with E-state index in [1.165, 1.54) is 0 Å². The van der Waals surface area contributed by atoms with E-state index in [4.69, 9.17) is 15.2 Å². The van der Waals surface area contributed by atoms with Gasteiger partial charge in [-0.2, -0.15) is 0 Å². The van der Waals surface area contributed by atoms with Gasteiger partial charge in [-0.1, -0.05) is 22.0 Å². The number of ether oxygens (including phenoxy) is 2. The smallest absolute Gasteiger partial charge is 0.141 e. The van der Waals surface area contributed by atoms with E-state index < -0.39 is 0 Å². The van der Waals surface area contributed by atoms with Crippen LogP contribution in [0.5, 0.6) is 11.5 Å². The molecule has 3 nitrogen and oxygen atoms in total. The SMILES string of the molecule is COc1ccc(C(N)c2cc(Br)ccc2C)c(OC)c1Br. The van der Waals surface area contributed by atoms with Crippen LogP contribution in [0.25, 0.3) is 0 Å². The predicted molar refractivity (Wildman–Crippen MR) is 92.2 cm³/mol. The van der Waals surface area contributed by atoms with Crippen molar-refractivity contribution in [3.63, 3.8) is 0 Å². The summed E-state index contributed by atoms with van der Waals surface area (Å²) in [5.41, 5.74) is 9.56. The van der Waals surface area contributed by atoms with Gasteiger partial charge in [0.1, 0.15) is 16.0 Å². The highest BCUT2D eigenvalue weighted by Crippen LogP contribution is 2.41. The maximum absolute atomic E-state index is 6.46. The zero-order chi connectivity index (χ0) is 15.6. The van der Waals surface area contributed by atoms with Gasteiger partial charge in [0.05, 0.1) is 20.3 Å². The summed E-state index contributed by atoms with van der Waals surface area (Å²) < 4.78 is 12.6. The Morgan fingerprint density at radius 3 is 2.33 bits per heavy atom. The molecule has 0 saturated carbocycles. The Hall–Kier alpha value is -1.04. The third kappa shape index (κ3) is 3.25. The standard InChI is InChI=1S/C16H17Br2NO2/c1-9-4-5-10(17)8-12(9)15(19)11-6-7-13(20-2)14(18)16(11)21-3/h4-8,15H,19H2,1-3H3. The number of halogens is 2. The molecule has 2 rings (SSSR count). The minimum absolute atomic E-state index is 0.278. The molecule has 0 bridgehead atoms. The van der Waals surface area contributed by atoms with Crippen LogP contribution in [0.15, 0.2) is 39.3 Å². The molecule has 0 aromatic heterocycles. The van der Waals surface area contributed by atoms with Crippen LogP contribution < -0.4 is 15.2 Å². The number of nitrogens with two attached hydrogens (primary N) is 1. The normalized spacial score (nSPS) is 12.1. The molecule has 0 radical (unpaired) electrons. The van der Waals surface area contributed by atoms with Crippen LogP contribution in [0, 0.1) is 6.92 Å². The third-order valence-electron chi connectivity index (χ3n) is 3.43. The van der Waals surface area contributed by atoms with Crippen molar-refractivity contribution >= 4 is 31.9 Å².